The van der Waals surface area contributed by atoms with Crippen molar-refractivity contribution in [1.82, 2.24) is 9.80 Å². The highest BCUT2D eigenvalue weighted by atomic mass is 16.6. The third kappa shape index (κ3) is 4.26. The van der Waals surface area contributed by atoms with Crippen molar-refractivity contribution in [3.63, 3.8) is 0 Å². The normalized spacial score (nSPS) is 21.4. The van der Waals surface area contributed by atoms with Crippen LogP contribution in [0.2, 0.25) is 0 Å². The van der Waals surface area contributed by atoms with Gasteiger partial charge in [-0.05, 0) is 24.8 Å². The quantitative estimate of drug-likeness (QED) is 0.850. The largest absolute Gasteiger partial charge is 0.445 e. The molecule has 1 unspecified atom stereocenters. The Morgan fingerprint density at radius 2 is 1.79 bits per heavy atom. The van der Waals surface area contributed by atoms with E-state index in [1.165, 1.54) is 0 Å². The van der Waals surface area contributed by atoms with Crippen LogP contribution in [0.3, 0.4) is 0 Å². The highest BCUT2D eigenvalue weighted by molar-refractivity contribution is 5.81. The number of benzene rings is 1. The van der Waals surface area contributed by atoms with Gasteiger partial charge < -0.3 is 19.3 Å². The molecular formula is C18H24N2O4. The lowest BCUT2D eigenvalue weighted by Crippen LogP contribution is -2.41. The average molecular weight is 332 g/mol. The van der Waals surface area contributed by atoms with Crippen molar-refractivity contribution in [2.24, 2.45) is 0 Å². The second kappa shape index (κ2) is 8.15. The molecule has 2 saturated heterocycles. The van der Waals surface area contributed by atoms with Crippen LogP contribution in [0, 0.1) is 0 Å². The van der Waals surface area contributed by atoms with E-state index in [0.29, 0.717) is 32.8 Å². The highest BCUT2D eigenvalue weighted by Gasteiger charge is 2.30. The number of amides is 2. The van der Waals surface area contributed by atoms with Gasteiger partial charge in [-0.3, -0.25) is 4.79 Å². The van der Waals surface area contributed by atoms with Gasteiger partial charge in [-0.25, -0.2) is 4.79 Å². The maximum Gasteiger partial charge on any atom is 0.410 e. The lowest BCUT2D eigenvalue weighted by Gasteiger charge is -2.24. The summed E-state index contributed by atoms with van der Waals surface area (Å²) in [6.07, 6.45) is 1.91. The molecule has 1 atom stereocenters. The van der Waals surface area contributed by atoms with Gasteiger partial charge in [0.1, 0.15) is 12.7 Å². The fourth-order valence-electron chi connectivity index (χ4n) is 3.11. The van der Waals surface area contributed by atoms with Crippen molar-refractivity contribution in [2.75, 3.05) is 32.8 Å². The molecule has 2 aliphatic heterocycles. The van der Waals surface area contributed by atoms with E-state index in [1.54, 1.807) is 4.90 Å². The molecule has 6 nitrogen and oxygen atoms in total. The second-order valence-electron chi connectivity index (χ2n) is 6.21. The van der Waals surface area contributed by atoms with E-state index in [1.807, 2.05) is 35.2 Å². The van der Waals surface area contributed by atoms with Crippen LogP contribution in [0.25, 0.3) is 0 Å². The van der Waals surface area contributed by atoms with Gasteiger partial charge in [-0.2, -0.15) is 0 Å². The number of ether oxygens (including phenoxy) is 2. The first-order valence-electron chi connectivity index (χ1n) is 8.60. The summed E-state index contributed by atoms with van der Waals surface area (Å²) in [5, 5.41) is 0. The van der Waals surface area contributed by atoms with Crippen LogP contribution < -0.4 is 0 Å². The molecule has 2 fully saturated rings. The van der Waals surface area contributed by atoms with Gasteiger partial charge in [-0.15, -0.1) is 0 Å². The van der Waals surface area contributed by atoms with Gasteiger partial charge in [0.2, 0.25) is 0 Å². The van der Waals surface area contributed by atoms with Gasteiger partial charge in [0, 0.05) is 32.8 Å². The molecule has 0 radical (unpaired) electrons. The van der Waals surface area contributed by atoms with Crippen LogP contribution in [0.4, 0.5) is 4.79 Å². The fourth-order valence-corrected chi connectivity index (χ4v) is 3.11. The van der Waals surface area contributed by atoms with E-state index in [4.69, 9.17) is 9.47 Å². The number of hydrogen-bond acceptors (Lipinski definition) is 4. The SMILES string of the molecule is O=C(OCc1ccccc1)N1CCCN(C(=O)C2CCCO2)CC1. The maximum absolute atomic E-state index is 12.4. The van der Waals surface area contributed by atoms with Crippen molar-refractivity contribution in [1.29, 1.82) is 0 Å². The first kappa shape index (κ1) is 16.8. The first-order chi connectivity index (χ1) is 11.7. The first-order valence-corrected chi connectivity index (χ1v) is 8.60. The van der Waals surface area contributed by atoms with Crippen molar-refractivity contribution in [3.8, 4) is 0 Å². The molecule has 0 aliphatic carbocycles. The summed E-state index contributed by atoms with van der Waals surface area (Å²) < 4.78 is 10.9. The number of hydrogen-bond donors (Lipinski definition) is 0. The van der Waals surface area contributed by atoms with Crippen LogP contribution in [0.1, 0.15) is 24.8 Å². The predicted octanol–water partition coefficient (Wildman–Crippen LogP) is 2.04. The molecular weight excluding hydrogens is 308 g/mol. The highest BCUT2D eigenvalue weighted by Crippen LogP contribution is 2.16. The van der Waals surface area contributed by atoms with Crippen molar-refractivity contribution < 1.29 is 19.1 Å². The maximum atomic E-state index is 12.4. The molecule has 3 rings (SSSR count). The minimum Gasteiger partial charge on any atom is -0.445 e. The molecule has 2 heterocycles. The van der Waals surface area contributed by atoms with Crippen LogP contribution in [-0.4, -0.2) is 60.7 Å². The molecule has 1 aromatic carbocycles. The number of carbonyl (C=O) groups is 2. The molecule has 0 spiro atoms. The molecule has 0 aromatic heterocycles. The molecule has 24 heavy (non-hydrogen) atoms. The Morgan fingerprint density at radius 1 is 1.04 bits per heavy atom. The van der Waals surface area contributed by atoms with E-state index in [9.17, 15) is 9.59 Å². The minimum absolute atomic E-state index is 0.0620. The Labute approximate surface area is 142 Å². The minimum atomic E-state index is -0.315. The Balaban J connectivity index is 1.47. The Kier molecular flexibility index (Phi) is 5.69. The van der Waals surface area contributed by atoms with Gasteiger partial charge in [0.25, 0.3) is 5.91 Å². The second-order valence-corrected chi connectivity index (χ2v) is 6.21. The molecule has 0 bridgehead atoms. The zero-order valence-electron chi connectivity index (χ0n) is 13.9. The van der Waals surface area contributed by atoms with Crippen molar-refractivity contribution in [3.05, 3.63) is 35.9 Å². The van der Waals surface area contributed by atoms with Gasteiger partial charge >= 0.3 is 6.09 Å². The molecule has 2 aliphatic rings. The summed E-state index contributed by atoms with van der Waals surface area (Å²) in [4.78, 5) is 28.1. The third-order valence-electron chi connectivity index (χ3n) is 4.48. The van der Waals surface area contributed by atoms with Crippen molar-refractivity contribution in [2.45, 2.75) is 32.0 Å². The summed E-state index contributed by atoms with van der Waals surface area (Å²) in [7, 11) is 0. The standard InChI is InChI=1S/C18H24N2O4/c21-17(16-8-4-13-23-16)19-9-5-10-20(12-11-19)18(22)24-14-15-6-2-1-3-7-15/h1-3,6-7,16H,4-5,8-14H2. The number of nitrogens with zero attached hydrogens (tertiary/aromatic N) is 2. The molecule has 0 saturated carbocycles. The van der Waals surface area contributed by atoms with Gasteiger partial charge in [0.05, 0.1) is 0 Å². The topological polar surface area (TPSA) is 59.1 Å². The lowest BCUT2D eigenvalue weighted by atomic mass is 10.2. The summed E-state index contributed by atoms with van der Waals surface area (Å²) in [5.41, 5.74) is 0.968. The zero-order valence-corrected chi connectivity index (χ0v) is 13.9. The average Bonchev–Trinajstić information content (AvgIpc) is 3.04. The number of rotatable bonds is 3. The number of carbonyl (C=O) groups excluding carboxylic acids is 2. The van der Waals surface area contributed by atoms with Gasteiger partial charge in [-0.1, -0.05) is 30.3 Å². The van der Waals surface area contributed by atoms with Crippen molar-refractivity contribution >= 4 is 12.0 Å². The lowest BCUT2D eigenvalue weighted by molar-refractivity contribution is -0.140. The predicted molar refractivity (Wildman–Crippen MR) is 88.4 cm³/mol. The molecule has 130 valence electrons. The van der Waals surface area contributed by atoms with E-state index in [2.05, 4.69) is 0 Å². The Bertz CT molecular complexity index is 557. The molecule has 6 heteroatoms. The van der Waals surface area contributed by atoms with E-state index in [0.717, 1.165) is 24.8 Å². The van der Waals surface area contributed by atoms with E-state index >= 15 is 0 Å². The smallest absolute Gasteiger partial charge is 0.410 e. The van der Waals surface area contributed by atoms with E-state index in [-0.39, 0.29) is 24.7 Å². The molecule has 0 N–H and O–H groups in total. The summed E-state index contributed by atoms with van der Waals surface area (Å²) >= 11 is 0. The summed E-state index contributed by atoms with van der Waals surface area (Å²) in [6.45, 7) is 3.27. The molecule has 1 aromatic rings. The monoisotopic (exact) mass is 332 g/mol. The third-order valence-corrected chi connectivity index (χ3v) is 4.48. The van der Waals surface area contributed by atoms with Crippen LogP contribution in [0.5, 0.6) is 0 Å². The summed E-state index contributed by atoms with van der Waals surface area (Å²) in [6, 6.07) is 9.63. The summed E-state index contributed by atoms with van der Waals surface area (Å²) in [5.74, 6) is 0.0620. The van der Waals surface area contributed by atoms with E-state index < -0.39 is 0 Å². The zero-order chi connectivity index (χ0) is 16.8. The Hall–Kier alpha value is -2.08. The fraction of sp³-hybridized carbons (Fsp3) is 0.556. The van der Waals surface area contributed by atoms with Gasteiger partial charge in [0.15, 0.2) is 0 Å². The molecule has 2 amide bonds. The van der Waals surface area contributed by atoms with Crippen LogP contribution >= 0.6 is 0 Å². The van der Waals surface area contributed by atoms with Crippen LogP contribution in [-0.2, 0) is 20.9 Å². The van der Waals surface area contributed by atoms with Crippen LogP contribution in [0.15, 0.2) is 30.3 Å². The Morgan fingerprint density at radius 3 is 2.54 bits per heavy atom.